The van der Waals surface area contributed by atoms with E-state index in [4.69, 9.17) is 0 Å². The standard InChI is InChI=1S/C25H34N4O3S/c1-19-6-9-24(21(3)16-19)33(31,32)29-14-12-27(13-15-29)18-25(30)26-23-8-7-22(17-20(23)2)28-10-4-5-11-28/h6-9,16-17H,4-5,10-15,18H2,1-3H3,(H,26,30). The predicted molar refractivity (Wildman–Crippen MR) is 132 cm³/mol. The van der Waals surface area contributed by atoms with E-state index in [1.54, 1.807) is 6.07 Å². The molecule has 2 aromatic carbocycles. The van der Waals surface area contributed by atoms with Gasteiger partial charge in [-0.3, -0.25) is 9.69 Å². The first kappa shape index (κ1) is 23.7. The molecule has 0 saturated carbocycles. The summed E-state index contributed by atoms with van der Waals surface area (Å²) in [4.78, 5) is 17.4. The van der Waals surface area contributed by atoms with Crippen LogP contribution < -0.4 is 10.2 Å². The lowest BCUT2D eigenvalue weighted by atomic mass is 10.1. The van der Waals surface area contributed by atoms with Gasteiger partial charge < -0.3 is 10.2 Å². The average Bonchev–Trinajstić information content (AvgIpc) is 3.30. The summed E-state index contributed by atoms with van der Waals surface area (Å²) in [5.74, 6) is -0.0716. The highest BCUT2D eigenvalue weighted by molar-refractivity contribution is 7.89. The molecule has 178 valence electrons. The topological polar surface area (TPSA) is 73.0 Å². The maximum Gasteiger partial charge on any atom is 0.243 e. The third kappa shape index (κ3) is 5.39. The van der Waals surface area contributed by atoms with Crippen LogP contribution in [-0.2, 0) is 14.8 Å². The van der Waals surface area contributed by atoms with E-state index in [-0.39, 0.29) is 12.5 Å². The van der Waals surface area contributed by atoms with Crippen molar-refractivity contribution in [1.82, 2.24) is 9.21 Å². The van der Waals surface area contributed by atoms with Crippen LogP contribution >= 0.6 is 0 Å². The lowest BCUT2D eigenvalue weighted by molar-refractivity contribution is -0.117. The van der Waals surface area contributed by atoms with Gasteiger partial charge in [-0.1, -0.05) is 17.7 Å². The van der Waals surface area contributed by atoms with Gasteiger partial charge in [0.15, 0.2) is 0 Å². The van der Waals surface area contributed by atoms with Gasteiger partial charge in [0, 0.05) is 50.6 Å². The maximum absolute atomic E-state index is 13.1. The molecule has 2 aliphatic rings. The molecule has 2 fully saturated rings. The van der Waals surface area contributed by atoms with Gasteiger partial charge >= 0.3 is 0 Å². The number of hydrogen-bond donors (Lipinski definition) is 1. The first-order valence-corrected chi connectivity index (χ1v) is 13.1. The summed E-state index contributed by atoms with van der Waals surface area (Å²) in [5, 5.41) is 3.02. The molecule has 7 nitrogen and oxygen atoms in total. The van der Waals surface area contributed by atoms with Gasteiger partial charge in [-0.25, -0.2) is 8.42 Å². The zero-order valence-corrected chi connectivity index (χ0v) is 20.6. The first-order valence-electron chi connectivity index (χ1n) is 11.7. The van der Waals surface area contributed by atoms with Crippen LogP contribution in [0.3, 0.4) is 0 Å². The Balaban J connectivity index is 1.31. The molecule has 0 bridgehead atoms. The number of aryl methyl sites for hydroxylation is 3. The molecule has 2 saturated heterocycles. The summed E-state index contributed by atoms with van der Waals surface area (Å²) in [6, 6.07) is 11.6. The highest BCUT2D eigenvalue weighted by atomic mass is 32.2. The van der Waals surface area contributed by atoms with E-state index in [2.05, 4.69) is 22.3 Å². The molecular weight excluding hydrogens is 436 g/mol. The molecule has 2 aromatic rings. The molecule has 1 amide bonds. The van der Waals surface area contributed by atoms with Crippen LogP contribution in [0, 0.1) is 20.8 Å². The number of piperazine rings is 1. The van der Waals surface area contributed by atoms with Crippen molar-refractivity contribution in [2.45, 2.75) is 38.5 Å². The Morgan fingerprint density at radius 3 is 2.21 bits per heavy atom. The van der Waals surface area contributed by atoms with E-state index in [0.717, 1.165) is 35.5 Å². The number of anilines is 2. The highest BCUT2D eigenvalue weighted by Gasteiger charge is 2.30. The van der Waals surface area contributed by atoms with Crippen LogP contribution in [0.15, 0.2) is 41.3 Å². The zero-order valence-electron chi connectivity index (χ0n) is 19.8. The number of sulfonamides is 1. The van der Waals surface area contributed by atoms with Crippen LogP contribution in [0.1, 0.15) is 29.5 Å². The molecule has 1 N–H and O–H groups in total. The number of hydrogen-bond acceptors (Lipinski definition) is 5. The molecule has 0 aromatic heterocycles. The van der Waals surface area contributed by atoms with Crippen LogP contribution in [0.4, 0.5) is 11.4 Å². The van der Waals surface area contributed by atoms with E-state index in [1.165, 1.54) is 22.8 Å². The Morgan fingerprint density at radius 2 is 1.58 bits per heavy atom. The third-order valence-corrected chi connectivity index (χ3v) is 8.66. The molecule has 33 heavy (non-hydrogen) atoms. The second-order valence-corrected chi connectivity index (χ2v) is 11.1. The van der Waals surface area contributed by atoms with Gasteiger partial charge in [0.2, 0.25) is 15.9 Å². The molecular formula is C25H34N4O3S. The van der Waals surface area contributed by atoms with Crippen molar-refractivity contribution in [2.24, 2.45) is 0 Å². The predicted octanol–water partition coefficient (Wildman–Crippen LogP) is 3.16. The van der Waals surface area contributed by atoms with Gasteiger partial charge in [0.1, 0.15) is 0 Å². The van der Waals surface area contributed by atoms with Gasteiger partial charge in [0.05, 0.1) is 11.4 Å². The lowest BCUT2D eigenvalue weighted by Gasteiger charge is -2.33. The Kier molecular flexibility index (Phi) is 7.07. The molecule has 4 rings (SSSR count). The summed E-state index contributed by atoms with van der Waals surface area (Å²) in [6.45, 7) is 10.1. The SMILES string of the molecule is Cc1ccc(S(=O)(=O)N2CCN(CC(=O)Nc3ccc(N4CCCC4)cc3C)CC2)c(C)c1. The van der Waals surface area contributed by atoms with Crippen LogP contribution in [-0.4, -0.2) is 69.3 Å². The average molecular weight is 471 g/mol. The molecule has 0 spiro atoms. The molecule has 0 unspecified atom stereocenters. The zero-order chi connectivity index (χ0) is 23.6. The number of nitrogens with zero attached hydrogens (tertiary/aromatic N) is 3. The second-order valence-electron chi connectivity index (χ2n) is 9.19. The minimum Gasteiger partial charge on any atom is -0.372 e. The van der Waals surface area contributed by atoms with Gasteiger partial charge in [-0.2, -0.15) is 4.31 Å². The van der Waals surface area contributed by atoms with Crippen LogP contribution in [0.5, 0.6) is 0 Å². The van der Waals surface area contributed by atoms with Gasteiger partial charge in [-0.05, 0) is 69.0 Å². The third-order valence-electron chi connectivity index (χ3n) is 6.60. The van der Waals surface area contributed by atoms with Crippen molar-refractivity contribution in [3.8, 4) is 0 Å². The van der Waals surface area contributed by atoms with E-state index in [1.807, 2.05) is 43.9 Å². The maximum atomic E-state index is 13.1. The Hall–Kier alpha value is -2.42. The Morgan fingerprint density at radius 1 is 0.879 bits per heavy atom. The quantitative estimate of drug-likeness (QED) is 0.702. The Labute approximate surface area is 197 Å². The largest absolute Gasteiger partial charge is 0.372 e. The monoisotopic (exact) mass is 470 g/mol. The van der Waals surface area contributed by atoms with E-state index in [9.17, 15) is 13.2 Å². The minimum atomic E-state index is -3.52. The molecule has 0 radical (unpaired) electrons. The van der Waals surface area contributed by atoms with E-state index in [0.29, 0.717) is 31.1 Å². The number of nitrogens with one attached hydrogen (secondary N) is 1. The van der Waals surface area contributed by atoms with E-state index < -0.39 is 10.0 Å². The lowest BCUT2D eigenvalue weighted by Crippen LogP contribution is -2.50. The summed E-state index contributed by atoms with van der Waals surface area (Å²) in [7, 11) is -3.52. The van der Waals surface area contributed by atoms with E-state index >= 15 is 0 Å². The minimum absolute atomic E-state index is 0.0716. The molecule has 0 aliphatic carbocycles. The van der Waals surface area contributed by atoms with Crippen molar-refractivity contribution >= 4 is 27.3 Å². The number of rotatable bonds is 6. The fraction of sp³-hybridized carbons (Fsp3) is 0.480. The highest BCUT2D eigenvalue weighted by Crippen LogP contribution is 2.26. The number of carbonyl (C=O) groups is 1. The molecule has 2 heterocycles. The van der Waals surface area contributed by atoms with Crippen LogP contribution in [0.2, 0.25) is 0 Å². The molecule has 8 heteroatoms. The Bertz CT molecular complexity index is 1120. The fourth-order valence-electron chi connectivity index (χ4n) is 4.71. The first-order chi connectivity index (χ1) is 15.7. The van der Waals surface area contributed by atoms with Crippen molar-refractivity contribution in [3.63, 3.8) is 0 Å². The van der Waals surface area contributed by atoms with Gasteiger partial charge in [0.25, 0.3) is 0 Å². The number of carbonyl (C=O) groups excluding carboxylic acids is 1. The number of benzene rings is 2. The van der Waals surface area contributed by atoms with Crippen molar-refractivity contribution in [3.05, 3.63) is 53.1 Å². The number of amides is 1. The van der Waals surface area contributed by atoms with Crippen LogP contribution in [0.25, 0.3) is 0 Å². The summed E-state index contributed by atoms with van der Waals surface area (Å²) < 4.78 is 27.7. The summed E-state index contributed by atoms with van der Waals surface area (Å²) in [5.41, 5.74) is 4.91. The van der Waals surface area contributed by atoms with Crippen molar-refractivity contribution in [2.75, 3.05) is 56.0 Å². The molecule has 0 atom stereocenters. The summed E-state index contributed by atoms with van der Waals surface area (Å²) >= 11 is 0. The fourth-order valence-corrected chi connectivity index (χ4v) is 6.34. The second kappa shape index (κ2) is 9.83. The summed E-state index contributed by atoms with van der Waals surface area (Å²) in [6.07, 6.45) is 2.47. The van der Waals surface area contributed by atoms with Crippen molar-refractivity contribution < 1.29 is 13.2 Å². The van der Waals surface area contributed by atoms with Gasteiger partial charge in [-0.15, -0.1) is 0 Å². The smallest absolute Gasteiger partial charge is 0.243 e. The molecule has 2 aliphatic heterocycles. The normalized spacial score (nSPS) is 18.0. The van der Waals surface area contributed by atoms with Crippen molar-refractivity contribution in [1.29, 1.82) is 0 Å².